The van der Waals surface area contributed by atoms with Crippen LogP contribution in [0.2, 0.25) is 0 Å². The number of sulfone groups is 1. The average Bonchev–Trinajstić information content (AvgIpc) is 3.18. The van der Waals surface area contributed by atoms with Crippen LogP contribution in [0.3, 0.4) is 0 Å². The lowest BCUT2D eigenvalue weighted by Crippen LogP contribution is -2.53. The van der Waals surface area contributed by atoms with Crippen LogP contribution in [0.4, 0.5) is 4.79 Å². The number of carbonyl (C=O) groups excluding carboxylic acids is 2. The summed E-state index contributed by atoms with van der Waals surface area (Å²) in [4.78, 5) is 27.8. The van der Waals surface area contributed by atoms with Crippen LogP contribution < -0.4 is 5.73 Å². The lowest BCUT2D eigenvalue weighted by Gasteiger charge is -2.41. The fourth-order valence-corrected chi connectivity index (χ4v) is 5.15. The lowest BCUT2D eigenvalue weighted by molar-refractivity contribution is -0.121. The van der Waals surface area contributed by atoms with Gasteiger partial charge in [0.15, 0.2) is 0 Å². The summed E-state index contributed by atoms with van der Waals surface area (Å²) in [6.07, 6.45) is 0.621. The Hall–Kier alpha value is -2.87. The van der Waals surface area contributed by atoms with Gasteiger partial charge in [-0.1, -0.05) is 30.3 Å². The van der Waals surface area contributed by atoms with Crippen molar-refractivity contribution in [2.24, 2.45) is 11.7 Å². The van der Waals surface area contributed by atoms with E-state index < -0.39 is 9.84 Å². The normalized spacial score (nSPS) is 19.8. The van der Waals surface area contributed by atoms with Crippen LogP contribution >= 0.6 is 0 Å². The highest BCUT2D eigenvalue weighted by atomic mass is 32.2. The molecule has 2 aromatic rings. The molecular formula is C21H23N3O4S. The Balaban J connectivity index is 1.37. The summed E-state index contributed by atoms with van der Waals surface area (Å²) in [5, 5.41) is 0. The number of carbonyl (C=O) groups is 2. The first kappa shape index (κ1) is 19.4. The molecule has 152 valence electrons. The van der Waals surface area contributed by atoms with Gasteiger partial charge in [-0.2, -0.15) is 0 Å². The van der Waals surface area contributed by atoms with Gasteiger partial charge in [0.25, 0.3) is 0 Å². The van der Waals surface area contributed by atoms with Crippen molar-refractivity contribution >= 4 is 21.8 Å². The molecule has 2 aliphatic rings. The molecule has 8 heteroatoms. The maximum absolute atomic E-state index is 12.7. The van der Waals surface area contributed by atoms with E-state index in [1.165, 1.54) is 0 Å². The van der Waals surface area contributed by atoms with Crippen molar-refractivity contribution in [3.8, 4) is 0 Å². The molecule has 1 unspecified atom stereocenters. The quantitative estimate of drug-likeness (QED) is 0.826. The Bertz CT molecular complexity index is 1020. The maximum Gasteiger partial charge on any atom is 0.320 e. The van der Waals surface area contributed by atoms with Gasteiger partial charge in [0, 0.05) is 32.1 Å². The molecule has 0 radical (unpaired) electrons. The third kappa shape index (κ3) is 3.72. The minimum atomic E-state index is -3.53. The minimum absolute atomic E-state index is 0.0618. The monoisotopic (exact) mass is 413 g/mol. The molecule has 2 heterocycles. The second kappa shape index (κ2) is 7.51. The van der Waals surface area contributed by atoms with Crippen molar-refractivity contribution in [2.75, 3.05) is 26.2 Å². The summed E-state index contributed by atoms with van der Waals surface area (Å²) in [6, 6.07) is 15.2. The zero-order chi connectivity index (χ0) is 20.6. The van der Waals surface area contributed by atoms with Crippen LogP contribution in [0.1, 0.15) is 17.9 Å². The molecule has 0 spiro atoms. The largest absolute Gasteiger partial charge is 0.369 e. The maximum atomic E-state index is 12.7. The number of likely N-dealkylation sites (tertiary alicyclic amines) is 2. The molecule has 0 aliphatic carbocycles. The summed E-state index contributed by atoms with van der Waals surface area (Å²) in [5.74, 6) is -0.426. The minimum Gasteiger partial charge on any atom is -0.369 e. The fraction of sp³-hybridized carbons (Fsp3) is 0.333. The molecule has 2 aromatic carbocycles. The van der Waals surface area contributed by atoms with E-state index in [2.05, 4.69) is 0 Å². The number of urea groups is 1. The van der Waals surface area contributed by atoms with E-state index in [9.17, 15) is 18.0 Å². The van der Waals surface area contributed by atoms with E-state index in [0.29, 0.717) is 32.6 Å². The summed E-state index contributed by atoms with van der Waals surface area (Å²) >= 11 is 0. The number of nitrogens with zero attached hydrogens (tertiary/aromatic N) is 2. The lowest BCUT2D eigenvalue weighted by atomic mass is 9.92. The summed E-state index contributed by atoms with van der Waals surface area (Å²) in [7, 11) is -3.53. The van der Waals surface area contributed by atoms with Crippen molar-refractivity contribution < 1.29 is 18.0 Å². The second-order valence-corrected chi connectivity index (χ2v) is 9.55. The number of primary amides is 1. The van der Waals surface area contributed by atoms with Gasteiger partial charge < -0.3 is 15.5 Å². The number of nitrogens with two attached hydrogens (primary N) is 1. The smallest absolute Gasteiger partial charge is 0.320 e. The molecule has 3 amide bonds. The molecule has 2 fully saturated rings. The molecular weight excluding hydrogens is 390 g/mol. The van der Waals surface area contributed by atoms with Crippen molar-refractivity contribution in [1.82, 2.24) is 9.80 Å². The molecule has 2 aliphatic heterocycles. The number of hydrogen-bond donors (Lipinski definition) is 1. The van der Waals surface area contributed by atoms with Crippen LogP contribution in [0, 0.1) is 5.92 Å². The van der Waals surface area contributed by atoms with Crippen molar-refractivity contribution in [3.05, 3.63) is 60.2 Å². The van der Waals surface area contributed by atoms with Gasteiger partial charge in [0.1, 0.15) is 0 Å². The van der Waals surface area contributed by atoms with E-state index in [0.717, 1.165) is 5.56 Å². The molecule has 29 heavy (non-hydrogen) atoms. The number of rotatable bonds is 4. The predicted octanol–water partition coefficient (Wildman–Crippen LogP) is 1.85. The van der Waals surface area contributed by atoms with E-state index in [-0.39, 0.29) is 33.6 Å². The molecule has 0 aromatic heterocycles. The van der Waals surface area contributed by atoms with Crippen LogP contribution in [0.15, 0.2) is 64.4 Å². The first-order chi connectivity index (χ1) is 13.9. The van der Waals surface area contributed by atoms with Crippen LogP contribution in [-0.2, 0) is 14.6 Å². The third-order valence-corrected chi connectivity index (χ3v) is 7.51. The average molecular weight is 413 g/mol. The van der Waals surface area contributed by atoms with E-state index in [1.54, 1.807) is 52.3 Å². The molecule has 2 saturated heterocycles. The molecule has 2 N–H and O–H groups in total. The number of amides is 3. The van der Waals surface area contributed by atoms with Crippen LogP contribution in [-0.4, -0.2) is 56.3 Å². The summed E-state index contributed by atoms with van der Waals surface area (Å²) < 4.78 is 25.3. The Morgan fingerprint density at radius 3 is 2.07 bits per heavy atom. The van der Waals surface area contributed by atoms with Gasteiger partial charge in [-0.15, -0.1) is 0 Å². The molecule has 0 bridgehead atoms. The fourth-order valence-electron chi connectivity index (χ4n) is 3.87. The Morgan fingerprint density at radius 2 is 1.48 bits per heavy atom. The van der Waals surface area contributed by atoms with Gasteiger partial charge in [-0.05, 0) is 36.2 Å². The summed E-state index contributed by atoms with van der Waals surface area (Å²) in [6.45, 7) is 2.11. The van der Waals surface area contributed by atoms with E-state index in [4.69, 9.17) is 5.73 Å². The highest BCUT2D eigenvalue weighted by molar-refractivity contribution is 7.91. The van der Waals surface area contributed by atoms with Gasteiger partial charge in [0.05, 0.1) is 15.7 Å². The SMILES string of the molecule is NC(=O)C1CCN(C(=O)N2CC(c3ccc(S(=O)(=O)c4ccccc4)cc3)C2)C1. The number of hydrogen-bond acceptors (Lipinski definition) is 4. The molecule has 4 rings (SSSR count). The van der Waals surface area contributed by atoms with Crippen LogP contribution in [0.5, 0.6) is 0 Å². The Labute approximate surface area is 170 Å². The highest BCUT2D eigenvalue weighted by Gasteiger charge is 2.37. The standard InChI is InChI=1S/C21H23N3O4S/c22-20(25)16-10-11-23(12-16)21(26)24-13-17(14-24)15-6-8-19(9-7-15)29(27,28)18-4-2-1-3-5-18/h1-9,16-17H,10-14H2,(H2,22,25). The molecule has 1 atom stereocenters. The Kier molecular flexibility index (Phi) is 5.04. The van der Waals surface area contributed by atoms with E-state index >= 15 is 0 Å². The topological polar surface area (TPSA) is 101 Å². The molecule has 7 nitrogen and oxygen atoms in total. The van der Waals surface area contributed by atoms with Gasteiger partial charge >= 0.3 is 6.03 Å². The molecule has 0 saturated carbocycles. The first-order valence-corrected chi connectivity index (χ1v) is 11.1. The third-order valence-electron chi connectivity index (χ3n) is 5.73. The second-order valence-electron chi connectivity index (χ2n) is 7.60. The first-order valence-electron chi connectivity index (χ1n) is 9.59. The predicted molar refractivity (Wildman–Crippen MR) is 107 cm³/mol. The van der Waals surface area contributed by atoms with Gasteiger partial charge in [0.2, 0.25) is 15.7 Å². The van der Waals surface area contributed by atoms with Gasteiger partial charge in [-0.3, -0.25) is 4.79 Å². The zero-order valence-corrected chi connectivity index (χ0v) is 16.7. The summed E-state index contributed by atoms with van der Waals surface area (Å²) in [5.41, 5.74) is 6.34. The van der Waals surface area contributed by atoms with Gasteiger partial charge in [-0.25, -0.2) is 13.2 Å². The van der Waals surface area contributed by atoms with Crippen molar-refractivity contribution in [3.63, 3.8) is 0 Å². The Morgan fingerprint density at radius 1 is 0.862 bits per heavy atom. The zero-order valence-electron chi connectivity index (χ0n) is 15.9. The highest BCUT2D eigenvalue weighted by Crippen LogP contribution is 2.30. The van der Waals surface area contributed by atoms with Crippen LogP contribution in [0.25, 0.3) is 0 Å². The van der Waals surface area contributed by atoms with Crippen molar-refractivity contribution in [1.29, 1.82) is 0 Å². The van der Waals surface area contributed by atoms with Crippen molar-refractivity contribution in [2.45, 2.75) is 22.1 Å². The number of benzene rings is 2. The van der Waals surface area contributed by atoms with E-state index in [1.807, 2.05) is 12.1 Å².